The predicted molar refractivity (Wildman–Crippen MR) is 123 cm³/mol. The highest BCUT2D eigenvalue weighted by Crippen LogP contribution is 2.27. The largest absolute Gasteiger partial charge is 0.397 e. The van der Waals surface area contributed by atoms with Gasteiger partial charge in [0.15, 0.2) is 0 Å². The molecule has 0 heterocycles. The van der Waals surface area contributed by atoms with Crippen LogP contribution in [-0.4, -0.2) is 0 Å². The van der Waals surface area contributed by atoms with Crippen molar-refractivity contribution in [3.8, 4) is 0 Å². The number of para-hydroxylation sites is 2. The highest BCUT2D eigenvalue weighted by atomic mass is 14.8. The average Bonchev–Trinajstić information content (AvgIpc) is 2.65. The van der Waals surface area contributed by atoms with E-state index in [9.17, 15) is 0 Å². The van der Waals surface area contributed by atoms with Crippen LogP contribution in [0.25, 0.3) is 0 Å². The minimum absolute atomic E-state index is 0.361. The van der Waals surface area contributed by atoms with E-state index in [0.29, 0.717) is 56.9 Å². The Morgan fingerprint density at radius 3 is 0.857 bits per heavy atom. The van der Waals surface area contributed by atoms with Gasteiger partial charge in [0.2, 0.25) is 0 Å². The van der Waals surface area contributed by atoms with E-state index in [1.54, 1.807) is 36.4 Å². The van der Waals surface area contributed by atoms with E-state index in [0.717, 1.165) is 0 Å². The van der Waals surface area contributed by atoms with Gasteiger partial charge in [-0.05, 0) is 36.4 Å². The number of rotatable bonds is 0. The number of benzene rings is 3. The summed E-state index contributed by atoms with van der Waals surface area (Å²) in [4.78, 5) is 0. The SMILES string of the molecule is Nc1cc(N)c(N)cc1N.Nc1ccc(N)c(N)c1N.Nc1ccccc1N. The maximum absolute atomic E-state index is 5.45. The molecule has 0 unspecified atom stereocenters. The fraction of sp³-hybridized carbons (Fsp3) is 0. The molecule has 0 aliphatic carbocycles. The summed E-state index contributed by atoms with van der Waals surface area (Å²) < 4.78 is 0. The van der Waals surface area contributed by atoms with Gasteiger partial charge in [-0.25, -0.2) is 0 Å². The highest BCUT2D eigenvalue weighted by molar-refractivity contribution is 5.85. The maximum atomic E-state index is 5.45. The summed E-state index contributed by atoms with van der Waals surface area (Å²) in [5, 5.41) is 0. The number of nitrogens with two attached hydrogens (primary N) is 10. The van der Waals surface area contributed by atoms with Crippen molar-refractivity contribution in [2.45, 2.75) is 0 Å². The van der Waals surface area contributed by atoms with Gasteiger partial charge in [-0.15, -0.1) is 0 Å². The van der Waals surface area contributed by atoms with E-state index in [2.05, 4.69) is 0 Å². The van der Waals surface area contributed by atoms with Gasteiger partial charge in [0.05, 0.1) is 56.9 Å². The van der Waals surface area contributed by atoms with Crippen LogP contribution in [0.4, 0.5) is 56.9 Å². The average molecular weight is 384 g/mol. The Hall–Kier alpha value is -4.34. The summed E-state index contributed by atoms with van der Waals surface area (Å²) in [6.45, 7) is 0. The Balaban J connectivity index is 0.000000212. The molecule has 0 saturated carbocycles. The Bertz CT molecular complexity index is 842. The quantitative estimate of drug-likeness (QED) is 0.244. The van der Waals surface area contributed by atoms with E-state index in [4.69, 9.17) is 57.3 Å². The van der Waals surface area contributed by atoms with Crippen LogP contribution in [0, 0.1) is 0 Å². The van der Waals surface area contributed by atoms with E-state index in [1.165, 1.54) is 0 Å². The second-order valence-electron chi connectivity index (χ2n) is 5.81. The molecule has 28 heavy (non-hydrogen) atoms. The second kappa shape index (κ2) is 9.38. The minimum atomic E-state index is 0.361. The Morgan fingerprint density at radius 1 is 0.321 bits per heavy atom. The van der Waals surface area contributed by atoms with Crippen LogP contribution in [0.15, 0.2) is 48.5 Å². The Morgan fingerprint density at radius 2 is 0.607 bits per heavy atom. The summed E-state index contributed by atoms with van der Waals surface area (Å²) in [7, 11) is 0. The first-order chi connectivity index (χ1) is 13.0. The molecular formula is C18H28N10. The van der Waals surface area contributed by atoms with Crippen LogP contribution in [0.5, 0.6) is 0 Å². The van der Waals surface area contributed by atoms with Gasteiger partial charge >= 0.3 is 0 Å². The molecule has 3 aromatic rings. The first kappa shape index (κ1) is 21.7. The molecule has 0 atom stereocenters. The van der Waals surface area contributed by atoms with Gasteiger partial charge < -0.3 is 57.3 Å². The lowest BCUT2D eigenvalue weighted by Gasteiger charge is -2.05. The molecule has 0 bridgehead atoms. The monoisotopic (exact) mass is 384 g/mol. The molecule has 3 rings (SSSR count). The van der Waals surface area contributed by atoms with Crippen LogP contribution in [-0.2, 0) is 0 Å². The standard InChI is InChI=1S/2C6H10N4.C6H8N2/c7-3-1-4(8)6(10)2-5(3)9;7-3-1-2-4(8)6(10)5(3)9;7-5-3-1-2-4-6(5)8/h2*1-2H,7-10H2;1-4H,7-8H2. The first-order valence-corrected chi connectivity index (χ1v) is 8.03. The maximum Gasteiger partial charge on any atom is 0.0802 e. The second-order valence-corrected chi connectivity index (χ2v) is 5.81. The number of nitrogen functional groups attached to an aromatic ring is 10. The molecule has 0 amide bonds. The summed E-state index contributed by atoms with van der Waals surface area (Å²) in [5.41, 5.74) is 59.1. The zero-order valence-corrected chi connectivity index (χ0v) is 15.4. The van der Waals surface area contributed by atoms with E-state index < -0.39 is 0 Å². The van der Waals surface area contributed by atoms with Gasteiger partial charge in [-0.1, -0.05) is 12.1 Å². The topological polar surface area (TPSA) is 260 Å². The molecule has 0 fully saturated rings. The molecule has 150 valence electrons. The molecule has 0 aromatic heterocycles. The van der Waals surface area contributed by atoms with Crippen molar-refractivity contribution < 1.29 is 0 Å². The molecule has 0 saturated heterocycles. The number of hydrogen-bond donors (Lipinski definition) is 10. The van der Waals surface area contributed by atoms with Crippen molar-refractivity contribution in [1.29, 1.82) is 0 Å². The molecule has 10 nitrogen and oxygen atoms in total. The normalized spacial score (nSPS) is 9.43. The lowest BCUT2D eigenvalue weighted by molar-refractivity contribution is 1.63. The predicted octanol–water partition coefficient (Wildman–Crippen LogP) is 0.882. The van der Waals surface area contributed by atoms with Gasteiger partial charge in [0.1, 0.15) is 0 Å². The van der Waals surface area contributed by atoms with Gasteiger partial charge in [0, 0.05) is 0 Å². The third kappa shape index (κ3) is 5.88. The van der Waals surface area contributed by atoms with Crippen LogP contribution in [0.2, 0.25) is 0 Å². The Labute approximate surface area is 163 Å². The summed E-state index contributed by atoms with van der Waals surface area (Å²) >= 11 is 0. The zero-order valence-electron chi connectivity index (χ0n) is 15.4. The fourth-order valence-corrected chi connectivity index (χ4v) is 1.85. The van der Waals surface area contributed by atoms with Gasteiger partial charge in [0.25, 0.3) is 0 Å². The number of anilines is 10. The van der Waals surface area contributed by atoms with E-state index in [-0.39, 0.29) is 0 Å². The first-order valence-electron chi connectivity index (χ1n) is 8.03. The molecule has 20 N–H and O–H groups in total. The lowest BCUT2D eigenvalue weighted by Crippen LogP contribution is -2.02. The molecule has 0 radical (unpaired) electrons. The lowest BCUT2D eigenvalue weighted by atomic mass is 10.2. The summed E-state index contributed by atoms with van der Waals surface area (Å²) in [6.07, 6.45) is 0. The van der Waals surface area contributed by atoms with Gasteiger partial charge in [-0.2, -0.15) is 0 Å². The van der Waals surface area contributed by atoms with Crippen molar-refractivity contribution in [1.82, 2.24) is 0 Å². The highest BCUT2D eigenvalue weighted by Gasteiger charge is 2.01. The van der Waals surface area contributed by atoms with Gasteiger partial charge in [-0.3, -0.25) is 0 Å². The molecule has 0 aliphatic heterocycles. The van der Waals surface area contributed by atoms with E-state index in [1.807, 2.05) is 12.1 Å². The molecule has 3 aromatic carbocycles. The smallest absolute Gasteiger partial charge is 0.0802 e. The van der Waals surface area contributed by atoms with Crippen molar-refractivity contribution in [2.24, 2.45) is 0 Å². The van der Waals surface area contributed by atoms with Crippen LogP contribution in [0.1, 0.15) is 0 Å². The van der Waals surface area contributed by atoms with Crippen LogP contribution >= 0.6 is 0 Å². The fourth-order valence-electron chi connectivity index (χ4n) is 1.85. The van der Waals surface area contributed by atoms with Crippen molar-refractivity contribution in [3.63, 3.8) is 0 Å². The van der Waals surface area contributed by atoms with Crippen molar-refractivity contribution in [2.75, 3.05) is 57.3 Å². The molecular weight excluding hydrogens is 356 g/mol. The number of hydrogen-bond acceptors (Lipinski definition) is 10. The van der Waals surface area contributed by atoms with Crippen molar-refractivity contribution >= 4 is 56.9 Å². The third-order valence-electron chi connectivity index (χ3n) is 3.64. The van der Waals surface area contributed by atoms with Crippen molar-refractivity contribution in [3.05, 3.63) is 48.5 Å². The summed E-state index contributed by atoms with van der Waals surface area (Å²) in [6, 6.07) is 13.6. The Kier molecular flexibility index (Phi) is 7.27. The third-order valence-corrected chi connectivity index (χ3v) is 3.64. The van der Waals surface area contributed by atoms with Crippen LogP contribution in [0.3, 0.4) is 0 Å². The zero-order chi connectivity index (χ0) is 21.4. The van der Waals surface area contributed by atoms with E-state index >= 15 is 0 Å². The molecule has 0 spiro atoms. The van der Waals surface area contributed by atoms with Crippen LogP contribution < -0.4 is 57.3 Å². The molecule has 0 aliphatic rings. The molecule has 10 heteroatoms. The minimum Gasteiger partial charge on any atom is -0.397 e. The summed E-state index contributed by atoms with van der Waals surface area (Å²) in [5.74, 6) is 0.